The van der Waals surface area contributed by atoms with Crippen LogP contribution in [-0.4, -0.2) is 38.0 Å². The molecule has 0 radical (unpaired) electrons. The second kappa shape index (κ2) is 9.99. The highest BCUT2D eigenvalue weighted by molar-refractivity contribution is 6.43. The van der Waals surface area contributed by atoms with Crippen LogP contribution in [0.25, 0.3) is 11.1 Å². The van der Waals surface area contributed by atoms with Crippen molar-refractivity contribution in [3.8, 4) is 11.1 Å². The summed E-state index contributed by atoms with van der Waals surface area (Å²) < 4.78 is 1.68. The maximum atomic E-state index is 9.23. The van der Waals surface area contributed by atoms with Crippen molar-refractivity contribution in [1.29, 1.82) is 0 Å². The van der Waals surface area contributed by atoms with Crippen LogP contribution in [0.15, 0.2) is 55.0 Å². The first-order valence-electron chi connectivity index (χ1n) is 10.9. The van der Waals surface area contributed by atoms with E-state index in [9.17, 15) is 5.11 Å². The third-order valence-electron chi connectivity index (χ3n) is 5.62. The van der Waals surface area contributed by atoms with Gasteiger partial charge in [-0.1, -0.05) is 35.3 Å². The number of hydrogen-bond donors (Lipinski definition) is 4. The zero-order chi connectivity index (χ0) is 23.5. The minimum Gasteiger partial charge on any atom is -0.394 e. The second-order valence-electron chi connectivity index (χ2n) is 7.93. The Morgan fingerprint density at radius 2 is 2.00 bits per heavy atom. The van der Waals surface area contributed by atoms with Crippen LogP contribution in [0.1, 0.15) is 11.1 Å². The van der Waals surface area contributed by atoms with Crippen molar-refractivity contribution < 1.29 is 5.11 Å². The summed E-state index contributed by atoms with van der Waals surface area (Å²) in [6.07, 6.45) is 6.35. The smallest absolute Gasteiger partial charge is 0.229 e. The maximum Gasteiger partial charge on any atom is 0.229 e. The average Bonchev–Trinajstić information content (AvgIpc) is 3.31. The number of nitrogens with zero attached hydrogens (tertiary/aromatic N) is 4. The lowest BCUT2D eigenvalue weighted by Crippen LogP contribution is -2.23. The minimum absolute atomic E-state index is 0.00907. The van der Waals surface area contributed by atoms with Crippen molar-refractivity contribution in [2.45, 2.75) is 19.5 Å². The van der Waals surface area contributed by atoms with Crippen molar-refractivity contribution in [2.75, 3.05) is 23.8 Å². The molecule has 1 aliphatic heterocycles. The molecule has 0 saturated carbocycles. The van der Waals surface area contributed by atoms with E-state index in [-0.39, 0.29) is 6.61 Å². The molecular weight excluding hydrogens is 473 g/mol. The lowest BCUT2D eigenvalue weighted by Gasteiger charge is -2.19. The average molecular weight is 496 g/mol. The number of halogens is 2. The Hall–Kier alpha value is -3.17. The summed E-state index contributed by atoms with van der Waals surface area (Å²) in [7, 11) is 0. The molecule has 2 aromatic carbocycles. The summed E-state index contributed by atoms with van der Waals surface area (Å²) in [5, 5.41) is 24.4. The van der Waals surface area contributed by atoms with Gasteiger partial charge in [0.25, 0.3) is 0 Å². The zero-order valence-corrected chi connectivity index (χ0v) is 19.7. The summed E-state index contributed by atoms with van der Waals surface area (Å²) >= 11 is 12.5. The molecule has 0 aliphatic carbocycles. The van der Waals surface area contributed by atoms with Gasteiger partial charge in [-0.2, -0.15) is 10.1 Å². The van der Waals surface area contributed by atoms with E-state index in [0.29, 0.717) is 34.0 Å². The van der Waals surface area contributed by atoms with E-state index in [1.807, 2.05) is 12.3 Å². The summed E-state index contributed by atoms with van der Waals surface area (Å²) in [6.45, 7) is 2.26. The largest absolute Gasteiger partial charge is 0.394 e. The predicted molar refractivity (Wildman–Crippen MR) is 135 cm³/mol. The van der Waals surface area contributed by atoms with Crippen LogP contribution in [0.2, 0.25) is 10.0 Å². The second-order valence-corrected chi connectivity index (χ2v) is 8.72. The molecule has 0 amide bonds. The molecule has 0 unspecified atom stereocenters. The van der Waals surface area contributed by atoms with Gasteiger partial charge in [-0.05, 0) is 48.4 Å². The van der Waals surface area contributed by atoms with E-state index >= 15 is 0 Å². The molecule has 3 heterocycles. The van der Waals surface area contributed by atoms with Crippen molar-refractivity contribution in [3.05, 3.63) is 76.2 Å². The Bertz CT molecular complexity index is 1320. The van der Waals surface area contributed by atoms with Gasteiger partial charge in [0, 0.05) is 35.8 Å². The molecule has 0 saturated heterocycles. The van der Waals surface area contributed by atoms with E-state index in [1.54, 1.807) is 29.2 Å². The molecule has 0 spiro atoms. The van der Waals surface area contributed by atoms with E-state index in [4.69, 9.17) is 28.2 Å². The molecule has 4 aromatic rings. The van der Waals surface area contributed by atoms with E-state index in [1.165, 1.54) is 11.1 Å². The first kappa shape index (κ1) is 22.6. The van der Waals surface area contributed by atoms with Gasteiger partial charge < -0.3 is 21.1 Å². The minimum atomic E-state index is 0.00907. The molecule has 174 valence electrons. The molecule has 5 rings (SSSR count). The standard InChI is InChI=1S/C24H23Cl2N7O/c25-20-2-1-3-21(22(20)26)31-24-28-13-19(17-12-29-33(14-17)8-9-34)23(32-24)30-18-5-4-15-6-7-27-11-16(15)10-18/h1-5,10,12-14,27,34H,6-9,11H2,(H2,28,30,31,32). The van der Waals surface area contributed by atoms with Gasteiger partial charge in [0.15, 0.2) is 0 Å². The highest BCUT2D eigenvalue weighted by Crippen LogP contribution is 2.33. The summed E-state index contributed by atoms with van der Waals surface area (Å²) in [6, 6.07) is 11.7. The first-order valence-corrected chi connectivity index (χ1v) is 11.7. The topological polar surface area (TPSA) is 99.9 Å². The van der Waals surface area contributed by atoms with Gasteiger partial charge in [-0.3, -0.25) is 4.68 Å². The van der Waals surface area contributed by atoms with Gasteiger partial charge in [-0.25, -0.2) is 4.98 Å². The fourth-order valence-electron chi connectivity index (χ4n) is 3.89. The van der Waals surface area contributed by atoms with Crippen LogP contribution < -0.4 is 16.0 Å². The molecule has 0 fully saturated rings. The number of nitrogens with one attached hydrogen (secondary N) is 3. The number of aromatic nitrogens is 4. The van der Waals surface area contributed by atoms with E-state index in [2.05, 4.69) is 44.2 Å². The lowest BCUT2D eigenvalue weighted by molar-refractivity contribution is 0.269. The summed E-state index contributed by atoms with van der Waals surface area (Å²) in [5.74, 6) is 0.987. The van der Waals surface area contributed by atoms with Crippen molar-refractivity contribution >= 4 is 46.3 Å². The fraction of sp³-hybridized carbons (Fsp3) is 0.208. The molecule has 10 heteroatoms. The van der Waals surface area contributed by atoms with Crippen LogP contribution in [0.5, 0.6) is 0 Å². The first-order chi connectivity index (χ1) is 16.6. The van der Waals surface area contributed by atoms with Gasteiger partial charge in [-0.15, -0.1) is 0 Å². The SMILES string of the molecule is OCCn1cc(-c2cnc(Nc3cccc(Cl)c3Cl)nc2Nc2ccc3c(c2)CNCC3)cn1. The Kier molecular flexibility index (Phi) is 6.64. The molecule has 4 N–H and O–H groups in total. The normalized spacial score (nSPS) is 12.9. The van der Waals surface area contributed by atoms with E-state index in [0.717, 1.165) is 36.3 Å². The van der Waals surface area contributed by atoms with Crippen molar-refractivity contribution in [2.24, 2.45) is 0 Å². The third kappa shape index (κ3) is 4.85. The third-order valence-corrected chi connectivity index (χ3v) is 6.43. The summed E-state index contributed by atoms with van der Waals surface area (Å²) in [4.78, 5) is 9.23. The monoisotopic (exact) mass is 495 g/mol. The fourth-order valence-corrected chi connectivity index (χ4v) is 4.24. The Morgan fingerprint density at radius 1 is 1.09 bits per heavy atom. The van der Waals surface area contributed by atoms with Crippen LogP contribution in [0.3, 0.4) is 0 Å². The van der Waals surface area contributed by atoms with Crippen LogP contribution >= 0.6 is 23.2 Å². The Balaban J connectivity index is 1.51. The van der Waals surface area contributed by atoms with Crippen molar-refractivity contribution in [3.63, 3.8) is 0 Å². The molecule has 8 nitrogen and oxygen atoms in total. The number of aliphatic hydroxyl groups is 1. The van der Waals surface area contributed by atoms with E-state index < -0.39 is 0 Å². The highest BCUT2D eigenvalue weighted by atomic mass is 35.5. The lowest BCUT2D eigenvalue weighted by atomic mass is 10.0. The molecule has 0 bridgehead atoms. The number of aliphatic hydroxyl groups excluding tert-OH is 1. The number of anilines is 4. The predicted octanol–water partition coefficient (Wildman–Crippen LogP) is 4.77. The van der Waals surface area contributed by atoms with Gasteiger partial charge >= 0.3 is 0 Å². The van der Waals surface area contributed by atoms with Gasteiger partial charge in [0.1, 0.15) is 5.82 Å². The quantitative estimate of drug-likeness (QED) is 0.293. The number of hydrogen-bond acceptors (Lipinski definition) is 7. The summed E-state index contributed by atoms with van der Waals surface area (Å²) in [5.41, 5.74) is 5.79. The molecule has 0 atom stereocenters. The van der Waals surface area contributed by atoms with Crippen LogP contribution in [0.4, 0.5) is 23.1 Å². The number of fused-ring (bicyclic) bond motifs is 1. The molecular formula is C24H23Cl2N7O. The molecule has 34 heavy (non-hydrogen) atoms. The number of benzene rings is 2. The zero-order valence-electron chi connectivity index (χ0n) is 18.2. The van der Waals surface area contributed by atoms with Crippen molar-refractivity contribution in [1.82, 2.24) is 25.1 Å². The Labute approximate surface area is 207 Å². The molecule has 1 aliphatic rings. The number of rotatable bonds is 7. The van der Waals surface area contributed by atoms with Crippen LogP contribution in [-0.2, 0) is 19.5 Å². The Morgan fingerprint density at radius 3 is 2.88 bits per heavy atom. The maximum absolute atomic E-state index is 9.23. The molecule has 2 aromatic heterocycles. The van der Waals surface area contributed by atoms with Gasteiger partial charge in [0.05, 0.1) is 35.1 Å². The van der Waals surface area contributed by atoms with Crippen LogP contribution in [0, 0.1) is 0 Å². The highest BCUT2D eigenvalue weighted by Gasteiger charge is 2.15. The van der Waals surface area contributed by atoms with Gasteiger partial charge in [0.2, 0.25) is 5.95 Å².